The van der Waals surface area contributed by atoms with Crippen LogP contribution in [0.4, 0.5) is 0 Å². The van der Waals surface area contributed by atoms with Gasteiger partial charge in [-0.05, 0) is 50.5 Å². The Bertz CT molecular complexity index is 909. The minimum absolute atomic E-state index is 0.138. The number of rotatable bonds is 4. The number of para-hydroxylation sites is 1. The minimum Gasteiger partial charge on any atom is -0.343 e. The standard InChI is InChI=1S/C24H32N4O2/c1-4-25(5-2)24(30)23-22-11-8-14-27(22)21-10-7-6-9-19(21)17-28(23)20-12-15-26(16-13-20)18(3)29/h6-11,14,20,23H,4-5,12-13,15-17H2,1-3H3. The molecule has 160 valence electrons. The lowest BCUT2D eigenvalue weighted by molar-refractivity contribution is -0.140. The van der Waals surface area contributed by atoms with E-state index in [0.29, 0.717) is 13.1 Å². The molecular formula is C24H32N4O2. The molecule has 1 fully saturated rings. The molecule has 1 aromatic carbocycles. The third-order valence-corrected chi connectivity index (χ3v) is 6.68. The molecule has 1 unspecified atom stereocenters. The van der Waals surface area contributed by atoms with E-state index >= 15 is 0 Å². The molecule has 2 aliphatic heterocycles. The summed E-state index contributed by atoms with van der Waals surface area (Å²) in [6, 6.07) is 12.5. The number of piperidine rings is 1. The van der Waals surface area contributed by atoms with E-state index in [2.05, 4.69) is 46.0 Å². The van der Waals surface area contributed by atoms with Gasteiger partial charge in [0.15, 0.2) is 0 Å². The Morgan fingerprint density at radius 3 is 2.40 bits per heavy atom. The van der Waals surface area contributed by atoms with Gasteiger partial charge < -0.3 is 14.4 Å². The molecular weight excluding hydrogens is 376 g/mol. The second kappa shape index (κ2) is 8.64. The fourth-order valence-corrected chi connectivity index (χ4v) is 5.00. The largest absolute Gasteiger partial charge is 0.343 e. The molecule has 2 amide bonds. The zero-order valence-corrected chi connectivity index (χ0v) is 18.3. The molecule has 30 heavy (non-hydrogen) atoms. The predicted molar refractivity (Wildman–Crippen MR) is 117 cm³/mol. The summed E-state index contributed by atoms with van der Waals surface area (Å²) in [4.78, 5) is 31.8. The van der Waals surface area contributed by atoms with Crippen LogP contribution in [0.5, 0.6) is 0 Å². The summed E-state index contributed by atoms with van der Waals surface area (Å²) >= 11 is 0. The van der Waals surface area contributed by atoms with E-state index in [1.165, 1.54) is 5.56 Å². The summed E-state index contributed by atoms with van der Waals surface area (Å²) in [5, 5.41) is 0. The van der Waals surface area contributed by atoms with Crippen LogP contribution >= 0.6 is 0 Å². The van der Waals surface area contributed by atoms with Gasteiger partial charge >= 0.3 is 0 Å². The number of carbonyl (C=O) groups is 2. The summed E-state index contributed by atoms with van der Waals surface area (Å²) in [7, 11) is 0. The number of fused-ring (bicyclic) bond motifs is 3. The van der Waals surface area contributed by atoms with Crippen LogP contribution in [-0.2, 0) is 16.1 Å². The van der Waals surface area contributed by atoms with E-state index in [0.717, 1.165) is 43.9 Å². The third-order valence-electron chi connectivity index (χ3n) is 6.68. The number of nitrogens with zero attached hydrogens (tertiary/aromatic N) is 4. The van der Waals surface area contributed by atoms with Crippen LogP contribution in [0.1, 0.15) is 50.9 Å². The SMILES string of the molecule is CCN(CC)C(=O)C1c2cccn2-c2ccccc2CN1C1CCN(C(C)=O)CC1. The summed E-state index contributed by atoms with van der Waals surface area (Å²) in [5.41, 5.74) is 3.42. The van der Waals surface area contributed by atoms with Crippen molar-refractivity contribution in [3.63, 3.8) is 0 Å². The number of aromatic nitrogens is 1. The fourth-order valence-electron chi connectivity index (χ4n) is 5.00. The van der Waals surface area contributed by atoms with Crippen LogP contribution in [0, 0.1) is 0 Å². The van der Waals surface area contributed by atoms with Gasteiger partial charge in [-0.1, -0.05) is 18.2 Å². The summed E-state index contributed by atoms with van der Waals surface area (Å²) < 4.78 is 2.19. The first kappa shape index (κ1) is 20.7. The fraction of sp³-hybridized carbons (Fsp3) is 0.500. The topological polar surface area (TPSA) is 48.8 Å². The maximum atomic E-state index is 13.8. The highest BCUT2D eigenvalue weighted by molar-refractivity contribution is 5.83. The average Bonchev–Trinajstić information content (AvgIpc) is 3.19. The molecule has 1 saturated heterocycles. The van der Waals surface area contributed by atoms with Crippen molar-refractivity contribution in [2.24, 2.45) is 0 Å². The van der Waals surface area contributed by atoms with Gasteiger partial charge in [-0.25, -0.2) is 0 Å². The molecule has 6 heteroatoms. The molecule has 2 aromatic rings. The highest BCUT2D eigenvalue weighted by Crippen LogP contribution is 2.36. The molecule has 0 bridgehead atoms. The zero-order valence-electron chi connectivity index (χ0n) is 18.3. The molecule has 6 nitrogen and oxygen atoms in total. The lowest BCUT2D eigenvalue weighted by Crippen LogP contribution is -2.50. The summed E-state index contributed by atoms with van der Waals surface area (Å²) in [6.45, 7) is 9.38. The van der Waals surface area contributed by atoms with Crippen LogP contribution in [0.3, 0.4) is 0 Å². The number of carbonyl (C=O) groups excluding carboxylic acids is 2. The number of likely N-dealkylation sites (tertiary alicyclic amines) is 1. The van der Waals surface area contributed by atoms with Crippen molar-refractivity contribution >= 4 is 11.8 Å². The maximum absolute atomic E-state index is 13.8. The van der Waals surface area contributed by atoms with Crippen LogP contribution in [0.15, 0.2) is 42.6 Å². The van der Waals surface area contributed by atoms with Crippen molar-refractivity contribution in [2.75, 3.05) is 26.2 Å². The van der Waals surface area contributed by atoms with Gasteiger partial charge in [-0.15, -0.1) is 0 Å². The number of amides is 2. The van der Waals surface area contributed by atoms with Gasteiger partial charge in [0.1, 0.15) is 6.04 Å². The van der Waals surface area contributed by atoms with Crippen LogP contribution < -0.4 is 0 Å². The lowest BCUT2D eigenvalue weighted by atomic mass is 9.98. The highest BCUT2D eigenvalue weighted by Gasteiger charge is 2.40. The van der Waals surface area contributed by atoms with Crippen molar-refractivity contribution < 1.29 is 9.59 Å². The number of hydrogen-bond acceptors (Lipinski definition) is 3. The Balaban J connectivity index is 1.76. The number of hydrogen-bond donors (Lipinski definition) is 0. The van der Waals surface area contributed by atoms with Crippen molar-refractivity contribution in [3.8, 4) is 5.69 Å². The minimum atomic E-state index is -0.318. The second-order valence-corrected chi connectivity index (χ2v) is 8.25. The molecule has 1 atom stereocenters. The van der Waals surface area contributed by atoms with Crippen molar-refractivity contribution in [1.82, 2.24) is 19.3 Å². The van der Waals surface area contributed by atoms with E-state index < -0.39 is 0 Å². The molecule has 0 N–H and O–H groups in total. The van der Waals surface area contributed by atoms with E-state index in [1.54, 1.807) is 6.92 Å². The first-order valence-corrected chi connectivity index (χ1v) is 11.1. The molecule has 2 aliphatic rings. The predicted octanol–water partition coefficient (Wildman–Crippen LogP) is 3.21. The summed E-state index contributed by atoms with van der Waals surface area (Å²) in [5.74, 6) is 0.307. The Labute approximate surface area is 179 Å². The molecule has 4 rings (SSSR count). The third kappa shape index (κ3) is 3.65. The molecule has 0 radical (unpaired) electrons. The Kier molecular flexibility index (Phi) is 5.95. The Hall–Kier alpha value is -2.60. The van der Waals surface area contributed by atoms with E-state index in [1.807, 2.05) is 29.7 Å². The van der Waals surface area contributed by atoms with Crippen LogP contribution in [0.25, 0.3) is 5.69 Å². The van der Waals surface area contributed by atoms with E-state index in [9.17, 15) is 9.59 Å². The maximum Gasteiger partial charge on any atom is 0.246 e. The van der Waals surface area contributed by atoms with Gasteiger partial charge in [0.25, 0.3) is 0 Å². The normalized spacial score (nSPS) is 19.7. The quantitative estimate of drug-likeness (QED) is 0.781. The lowest BCUT2D eigenvalue weighted by Gasteiger charge is -2.42. The first-order chi connectivity index (χ1) is 14.5. The van der Waals surface area contributed by atoms with E-state index in [-0.39, 0.29) is 23.9 Å². The molecule has 3 heterocycles. The van der Waals surface area contributed by atoms with Gasteiger partial charge in [0.05, 0.1) is 0 Å². The Morgan fingerprint density at radius 1 is 1.03 bits per heavy atom. The van der Waals surface area contributed by atoms with Crippen LogP contribution in [-0.4, -0.2) is 63.3 Å². The molecule has 0 aliphatic carbocycles. The number of benzene rings is 1. The van der Waals surface area contributed by atoms with Crippen molar-refractivity contribution in [1.29, 1.82) is 0 Å². The van der Waals surface area contributed by atoms with Crippen molar-refractivity contribution in [2.45, 2.75) is 52.2 Å². The smallest absolute Gasteiger partial charge is 0.246 e. The molecule has 0 spiro atoms. The van der Waals surface area contributed by atoms with Crippen molar-refractivity contribution in [3.05, 3.63) is 53.9 Å². The van der Waals surface area contributed by atoms with Gasteiger partial charge in [0.2, 0.25) is 11.8 Å². The monoisotopic (exact) mass is 408 g/mol. The summed E-state index contributed by atoms with van der Waals surface area (Å²) in [6.07, 6.45) is 3.85. The Morgan fingerprint density at radius 2 is 1.73 bits per heavy atom. The average molecular weight is 409 g/mol. The zero-order chi connectivity index (χ0) is 21.3. The van der Waals surface area contributed by atoms with Gasteiger partial charge in [-0.2, -0.15) is 0 Å². The van der Waals surface area contributed by atoms with Gasteiger partial charge in [0, 0.05) is 63.3 Å². The van der Waals surface area contributed by atoms with E-state index in [4.69, 9.17) is 0 Å². The molecule has 1 aromatic heterocycles. The number of likely N-dealkylation sites (N-methyl/N-ethyl adjacent to an activating group) is 1. The first-order valence-electron chi connectivity index (χ1n) is 11.1. The second-order valence-electron chi connectivity index (χ2n) is 8.25. The van der Waals surface area contributed by atoms with Gasteiger partial charge in [-0.3, -0.25) is 14.5 Å². The van der Waals surface area contributed by atoms with Crippen LogP contribution in [0.2, 0.25) is 0 Å². The molecule has 0 saturated carbocycles. The highest BCUT2D eigenvalue weighted by atomic mass is 16.2.